The molecule has 0 aromatic heterocycles. The van der Waals surface area contributed by atoms with Crippen molar-refractivity contribution < 1.29 is 13.2 Å². The Bertz CT molecular complexity index is 968. The van der Waals surface area contributed by atoms with E-state index in [4.69, 9.17) is 4.74 Å². The topological polar surface area (TPSA) is 58.6 Å². The summed E-state index contributed by atoms with van der Waals surface area (Å²) in [5.41, 5.74) is 3.56. The summed E-state index contributed by atoms with van der Waals surface area (Å²) in [6, 6.07) is 20.8. The van der Waals surface area contributed by atoms with Gasteiger partial charge in [-0.25, -0.2) is 13.1 Å². The van der Waals surface area contributed by atoms with E-state index in [9.17, 15) is 8.42 Å². The molecule has 1 aliphatic heterocycles. The highest BCUT2D eigenvalue weighted by molar-refractivity contribution is 7.88. The maximum Gasteiger partial charge on any atom is 0.209 e. The summed E-state index contributed by atoms with van der Waals surface area (Å²) in [4.78, 5) is 2.28. The molecule has 2 fully saturated rings. The molecule has 6 heteroatoms. The molecular weight excluding hydrogens is 408 g/mol. The molecule has 1 atom stereocenters. The number of anilines is 1. The number of benzene rings is 2. The Labute approximate surface area is 186 Å². The normalized spacial score (nSPS) is 26.0. The van der Waals surface area contributed by atoms with Crippen LogP contribution >= 0.6 is 0 Å². The maximum absolute atomic E-state index is 11.9. The first kappa shape index (κ1) is 21.9. The van der Waals surface area contributed by atoms with E-state index in [0.717, 1.165) is 49.9 Å². The Morgan fingerprint density at radius 3 is 2.23 bits per heavy atom. The van der Waals surface area contributed by atoms with Gasteiger partial charge in [-0.15, -0.1) is 0 Å². The Morgan fingerprint density at radius 2 is 1.58 bits per heavy atom. The minimum absolute atomic E-state index is 0.193. The first-order chi connectivity index (χ1) is 15.0. The van der Waals surface area contributed by atoms with Crippen LogP contribution in [0.25, 0.3) is 0 Å². The molecule has 166 valence electrons. The number of piperidine rings is 1. The Hall–Kier alpha value is -2.31. The Balaban J connectivity index is 1.41. The monoisotopic (exact) mass is 440 g/mol. The standard InChI is InChI=1S/C25H32N2O3S/c1-31(28,29)26-25-16-17-27(23-10-6-3-7-11-23)18-22(25)19-30-24-14-12-21(13-15-24)20-8-4-2-5-9-20/h2-11,19,21,24-26H,12-18H2,1H3/b22-19+/t21?,24?,25-/m0/s1. The fourth-order valence-electron chi connectivity index (χ4n) is 4.69. The fraction of sp³-hybridized carbons (Fsp3) is 0.440. The second kappa shape index (κ2) is 9.88. The zero-order valence-corrected chi connectivity index (χ0v) is 18.9. The number of hydrogen-bond donors (Lipinski definition) is 1. The van der Waals surface area contributed by atoms with Crippen molar-refractivity contribution in [2.75, 3.05) is 24.2 Å². The molecule has 1 N–H and O–H groups in total. The summed E-state index contributed by atoms with van der Waals surface area (Å²) >= 11 is 0. The second-order valence-corrected chi connectivity index (χ2v) is 10.5. The van der Waals surface area contributed by atoms with Gasteiger partial charge >= 0.3 is 0 Å². The van der Waals surface area contributed by atoms with Crippen molar-refractivity contribution in [3.05, 3.63) is 78.1 Å². The summed E-state index contributed by atoms with van der Waals surface area (Å²) in [5, 5.41) is 0. The summed E-state index contributed by atoms with van der Waals surface area (Å²) in [5.74, 6) is 0.608. The molecule has 4 rings (SSSR count). The van der Waals surface area contributed by atoms with Crippen molar-refractivity contribution in [2.45, 2.75) is 50.2 Å². The van der Waals surface area contributed by atoms with Crippen molar-refractivity contribution in [3.8, 4) is 0 Å². The number of nitrogens with one attached hydrogen (secondary N) is 1. The van der Waals surface area contributed by atoms with Crippen LogP contribution < -0.4 is 9.62 Å². The molecule has 0 radical (unpaired) electrons. The van der Waals surface area contributed by atoms with Gasteiger partial charge in [0.2, 0.25) is 10.0 Å². The molecule has 1 aliphatic carbocycles. The second-order valence-electron chi connectivity index (χ2n) is 8.70. The van der Waals surface area contributed by atoms with E-state index in [-0.39, 0.29) is 12.1 Å². The molecule has 2 aromatic rings. The Kier molecular flexibility index (Phi) is 6.98. The summed E-state index contributed by atoms with van der Waals surface area (Å²) in [6.07, 6.45) is 8.27. The van der Waals surface area contributed by atoms with Gasteiger partial charge in [0.05, 0.1) is 18.6 Å². The quantitative estimate of drug-likeness (QED) is 0.675. The summed E-state index contributed by atoms with van der Waals surface area (Å²) in [6.45, 7) is 1.47. The summed E-state index contributed by atoms with van der Waals surface area (Å²) in [7, 11) is -3.28. The molecule has 0 spiro atoms. The van der Waals surface area contributed by atoms with Gasteiger partial charge in [0, 0.05) is 30.4 Å². The molecule has 2 aromatic carbocycles. The number of nitrogens with zero attached hydrogens (tertiary/aromatic N) is 1. The lowest BCUT2D eigenvalue weighted by atomic mass is 9.83. The lowest BCUT2D eigenvalue weighted by Gasteiger charge is -2.36. The highest BCUT2D eigenvalue weighted by Crippen LogP contribution is 2.34. The van der Waals surface area contributed by atoms with Gasteiger partial charge in [-0.1, -0.05) is 48.5 Å². The van der Waals surface area contributed by atoms with E-state index < -0.39 is 10.0 Å². The largest absolute Gasteiger partial charge is 0.498 e. The number of rotatable bonds is 6. The van der Waals surface area contributed by atoms with E-state index in [0.29, 0.717) is 12.5 Å². The first-order valence-corrected chi connectivity index (χ1v) is 13.0. The molecule has 0 amide bonds. The van der Waals surface area contributed by atoms with Gasteiger partial charge in [0.15, 0.2) is 0 Å². The van der Waals surface area contributed by atoms with Crippen molar-refractivity contribution in [1.82, 2.24) is 4.72 Å². The number of para-hydroxylation sites is 1. The van der Waals surface area contributed by atoms with Crippen molar-refractivity contribution in [1.29, 1.82) is 0 Å². The molecule has 31 heavy (non-hydrogen) atoms. The number of hydrogen-bond acceptors (Lipinski definition) is 4. The predicted molar refractivity (Wildman–Crippen MR) is 126 cm³/mol. The van der Waals surface area contributed by atoms with Gasteiger partial charge in [0.25, 0.3) is 0 Å². The average Bonchev–Trinajstić information content (AvgIpc) is 2.79. The maximum atomic E-state index is 11.9. The molecule has 5 nitrogen and oxygen atoms in total. The van der Waals surface area contributed by atoms with E-state index in [1.54, 1.807) is 0 Å². The molecule has 2 aliphatic rings. The van der Waals surface area contributed by atoms with E-state index in [2.05, 4.69) is 52.1 Å². The minimum atomic E-state index is -3.28. The van der Waals surface area contributed by atoms with Crippen LogP contribution in [-0.2, 0) is 14.8 Å². The van der Waals surface area contributed by atoms with Gasteiger partial charge in [-0.2, -0.15) is 0 Å². The molecule has 1 heterocycles. The molecule has 0 unspecified atom stereocenters. The molecular formula is C25H32N2O3S. The minimum Gasteiger partial charge on any atom is -0.498 e. The summed E-state index contributed by atoms with van der Waals surface area (Å²) < 4.78 is 32.8. The van der Waals surface area contributed by atoms with Crippen LogP contribution in [0.2, 0.25) is 0 Å². The number of sulfonamides is 1. The lowest BCUT2D eigenvalue weighted by Crippen LogP contribution is -2.46. The van der Waals surface area contributed by atoms with Crippen molar-refractivity contribution >= 4 is 15.7 Å². The average molecular weight is 441 g/mol. The number of ether oxygens (including phenoxy) is 1. The van der Waals surface area contributed by atoms with Crippen LogP contribution in [0.1, 0.15) is 43.6 Å². The van der Waals surface area contributed by atoms with Crippen molar-refractivity contribution in [3.63, 3.8) is 0 Å². The highest BCUT2D eigenvalue weighted by atomic mass is 32.2. The zero-order valence-electron chi connectivity index (χ0n) is 18.1. The van der Waals surface area contributed by atoms with Gasteiger partial charge in [0.1, 0.15) is 0 Å². The van der Waals surface area contributed by atoms with Crippen LogP contribution in [0, 0.1) is 0 Å². The first-order valence-electron chi connectivity index (χ1n) is 11.1. The van der Waals surface area contributed by atoms with Gasteiger partial charge in [-0.05, 0) is 55.7 Å². The van der Waals surface area contributed by atoms with Crippen LogP contribution in [-0.4, -0.2) is 39.9 Å². The third-order valence-corrected chi connectivity index (χ3v) is 7.06. The van der Waals surface area contributed by atoms with E-state index in [1.165, 1.54) is 11.8 Å². The van der Waals surface area contributed by atoms with E-state index >= 15 is 0 Å². The fourth-order valence-corrected chi connectivity index (χ4v) is 5.48. The Morgan fingerprint density at radius 1 is 0.935 bits per heavy atom. The highest BCUT2D eigenvalue weighted by Gasteiger charge is 2.28. The van der Waals surface area contributed by atoms with Crippen LogP contribution in [0.15, 0.2) is 72.5 Å². The molecule has 1 saturated carbocycles. The van der Waals surface area contributed by atoms with Gasteiger partial charge < -0.3 is 9.64 Å². The third kappa shape index (κ3) is 6.11. The lowest BCUT2D eigenvalue weighted by molar-refractivity contribution is 0.0969. The SMILES string of the molecule is CS(=O)(=O)N[C@H]1CCN(c2ccccc2)C/C1=C\OC1CCC(c2ccccc2)CC1. The zero-order chi connectivity index (χ0) is 21.7. The van der Waals surface area contributed by atoms with Crippen LogP contribution in [0.5, 0.6) is 0 Å². The van der Waals surface area contributed by atoms with Crippen molar-refractivity contribution in [2.24, 2.45) is 0 Å². The van der Waals surface area contributed by atoms with Crippen LogP contribution in [0.4, 0.5) is 5.69 Å². The molecule has 0 bridgehead atoms. The van der Waals surface area contributed by atoms with E-state index in [1.807, 2.05) is 24.5 Å². The third-order valence-electron chi connectivity index (χ3n) is 6.34. The van der Waals surface area contributed by atoms with Crippen LogP contribution in [0.3, 0.4) is 0 Å². The molecule has 1 saturated heterocycles. The predicted octanol–water partition coefficient (Wildman–Crippen LogP) is 4.44. The van der Waals surface area contributed by atoms with Gasteiger partial charge in [-0.3, -0.25) is 0 Å². The smallest absolute Gasteiger partial charge is 0.209 e.